The first-order chi connectivity index (χ1) is 10.2. The number of nitrogens with two attached hydrogens (primary N) is 1. The Morgan fingerprint density at radius 2 is 1.95 bits per heavy atom. The molecule has 0 saturated carbocycles. The SMILES string of the molecule is COC(c1ccccc1)C(Cc1ccc(F)cc1Cl)NN. The molecule has 0 spiro atoms. The Hall–Kier alpha value is -1.46. The number of halogens is 2. The predicted octanol–water partition coefficient (Wildman–Crippen LogP) is 3.24. The van der Waals surface area contributed by atoms with Crippen LogP contribution in [0.3, 0.4) is 0 Å². The molecule has 0 bridgehead atoms. The molecule has 0 amide bonds. The Morgan fingerprint density at radius 1 is 1.24 bits per heavy atom. The number of hydrazine groups is 1. The van der Waals surface area contributed by atoms with Crippen molar-refractivity contribution in [2.24, 2.45) is 5.84 Å². The van der Waals surface area contributed by atoms with Crippen LogP contribution in [0, 0.1) is 5.82 Å². The minimum Gasteiger partial charge on any atom is -0.375 e. The Balaban J connectivity index is 2.22. The van der Waals surface area contributed by atoms with Crippen LogP contribution < -0.4 is 11.3 Å². The van der Waals surface area contributed by atoms with Gasteiger partial charge in [0.2, 0.25) is 0 Å². The normalized spacial score (nSPS) is 13.9. The lowest BCUT2D eigenvalue weighted by Crippen LogP contribution is -2.42. The zero-order valence-corrected chi connectivity index (χ0v) is 12.5. The molecule has 0 aliphatic rings. The molecule has 0 aromatic heterocycles. The van der Waals surface area contributed by atoms with Gasteiger partial charge in [0.05, 0.1) is 12.1 Å². The molecule has 0 saturated heterocycles. The Bertz CT molecular complexity index is 580. The summed E-state index contributed by atoms with van der Waals surface area (Å²) < 4.78 is 18.7. The highest BCUT2D eigenvalue weighted by Gasteiger charge is 2.23. The standard InChI is InChI=1S/C16H18ClFN2O/c1-21-16(11-5-3-2-4-6-11)15(20-19)9-12-7-8-13(18)10-14(12)17/h2-8,10,15-16,20H,9,19H2,1H3. The molecule has 0 radical (unpaired) electrons. The van der Waals surface area contributed by atoms with E-state index in [4.69, 9.17) is 22.2 Å². The summed E-state index contributed by atoms with van der Waals surface area (Å²) in [6.07, 6.45) is 0.306. The van der Waals surface area contributed by atoms with Crippen molar-refractivity contribution >= 4 is 11.6 Å². The summed E-state index contributed by atoms with van der Waals surface area (Å²) in [5, 5.41) is 0.387. The van der Waals surface area contributed by atoms with E-state index in [0.29, 0.717) is 11.4 Å². The third kappa shape index (κ3) is 4.02. The first-order valence-electron chi connectivity index (χ1n) is 6.63. The van der Waals surface area contributed by atoms with Crippen LogP contribution in [0.15, 0.2) is 48.5 Å². The van der Waals surface area contributed by atoms with Crippen molar-refractivity contribution in [1.82, 2.24) is 5.43 Å². The van der Waals surface area contributed by atoms with Gasteiger partial charge >= 0.3 is 0 Å². The number of rotatable bonds is 6. The summed E-state index contributed by atoms with van der Waals surface area (Å²) in [6, 6.07) is 14.0. The Kier molecular flexibility index (Phi) is 5.70. The van der Waals surface area contributed by atoms with E-state index >= 15 is 0 Å². The molecular formula is C16H18ClFN2O. The minimum absolute atomic E-state index is 0.180. The van der Waals surface area contributed by atoms with E-state index in [1.165, 1.54) is 12.1 Å². The number of ether oxygens (including phenoxy) is 1. The maximum Gasteiger partial charge on any atom is 0.124 e. The molecule has 0 aliphatic heterocycles. The summed E-state index contributed by atoms with van der Waals surface area (Å²) in [7, 11) is 1.63. The van der Waals surface area contributed by atoms with Gasteiger partial charge in [-0.3, -0.25) is 11.3 Å². The molecule has 2 aromatic rings. The topological polar surface area (TPSA) is 47.3 Å². The van der Waals surface area contributed by atoms with Gasteiger partial charge in [-0.25, -0.2) is 4.39 Å². The highest BCUT2D eigenvalue weighted by atomic mass is 35.5. The van der Waals surface area contributed by atoms with E-state index in [2.05, 4.69) is 5.43 Å². The Morgan fingerprint density at radius 3 is 2.52 bits per heavy atom. The van der Waals surface area contributed by atoms with Crippen LogP contribution >= 0.6 is 11.6 Å². The molecule has 0 aliphatic carbocycles. The summed E-state index contributed by atoms with van der Waals surface area (Å²) in [4.78, 5) is 0. The maximum atomic E-state index is 13.1. The average Bonchev–Trinajstić information content (AvgIpc) is 2.50. The third-order valence-electron chi connectivity index (χ3n) is 3.42. The van der Waals surface area contributed by atoms with Crippen LogP contribution in [0.25, 0.3) is 0 Å². The van der Waals surface area contributed by atoms with Crippen molar-refractivity contribution in [3.05, 3.63) is 70.5 Å². The lowest BCUT2D eigenvalue weighted by molar-refractivity contribution is 0.0679. The summed E-state index contributed by atoms with van der Waals surface area (Å²) in [5.74, 6) is 5.31. The first-order valence-corrected chi connectivity index (χ1v) is 7.01. The largest absolute Gasteiger partial charge is 0.375 e. The van der Waals surface area contributed by atoms with Crippen molar-refractivity contribution < 1.29 is 9.13 Å². The molecule has 2 unspecified atom stereocenters. The number of nitrogens with one attached hydrogen (secondary N) is 1. The number of methoxy groups -OCH3 is 1. The highest BCUT2D eigenvalue weighted by molar-refractivity contribution is 6.31. The summed E-state index contributed by atoms with van der Waals surface area (Å²) in [6.45, 7) is 0. The van der Waals surface area contributed by atoms with Gasteiger partial charge in [-0.2, -0.15) is 0 Å². The van der Waals surface area contributed by atoms with E-state index in [1.807, 2.05) is 30.3 Å². The minimum atomic E-state index is -0.354. The number of hydrogen-bond donors (Lipinski definition) is 2. The molecule has 3 N–H and O–H groups in total. The van der Waals surface area contributed by atoms with Crippen LogP contribution in [0.1, 0.15) is 17.2 Å². The smallest absolute Gasteiger partial charge is 0.124 e. The average molecular weight is 309 g/mol. The fourth-order valence-electron chi connectivity index (χ4n) is 2.35. The van der Waals surface area contributed by atoms with Gasteiger partial charge in [-0.1, -0.05) is 48.0 Å². The lowest BCUT2D eigenvalue weighted by atomic mass is 9.96. The molecule has 5 heteroatoms. The maximum absolute atomic E-state index is 13.1. The fourth-order valence-corrected chi connectivity index (χ4v) is 2.60. The van der Waals surface area contributed by atoms with Gasteiger partial charge in [0.25, 0.3) is 0 Å². The van der Waals surface area contributed by atoms with E-state index in [0.717, 1.165) is 11.1 Å². The second-order valence-electron chi connectivity index (χ2n) is 4.78. The first kappa shape index (κ1) is 15.9. The second-order valence-corrected chi connectivity index (χ2v) is 5.19. The van der Waals surface area contributed by atoms with Crippen LogP contribution in [0.4, 0.5) is 4.39 Å². The van der Waals surface area contributed by atoms with Gasteiger partial charge in [0.1, 0.15) is 5.82 Å². The van der Waals surface area contributed by atoms with Crippen LogP contribution in [-0.4, -0.2) is 13.2 Å². The van der Waals surface area contributed by atoms with Gasteiger partial charge in [-0.15, -0.1) is 0 Å². The van der Waals surface area contributed by atoms with Crippen LogP contribution in [0.2, 0.25) is 5.02 Å². The van der Waals surface area contributed by atoms with Crippen molar-refractivity contribution in [1.29, 1.82) is 0 Å². The van der Waals surface area contributed by atoms with Gasteiger partial charge in [-0.05, 0) is 29.7 Å². The van der Waals surface area contributed by atoms with E-state index < -0.39 is 0 Å². The zero-order chi connectivity index (χ0) is 15.2. The van der Waals surface area contributed by atoms with E-state index in [-0.39, 0.29) is 18.0 Å². The molecule has 0 heterocycles. The second kappa shape index (κ2) is 7.52. The molecule has 2 atom stereocenters. The lowest BCUT2D eigenvalue weighted by Gasteiger charge is -2.26. The van der Waals surface area contributed by atoms with Crippen LogP contribution in [0.5, 0.6) is 0 Å². The quantitative estimate of drug-likeness (QED) is 0.636. The monoisotopic (exact) mass is 308 g/mol. The summed E-state index contributed by atoms with van der Waals surface area (Å²) in [5.41, 5.74) is 4.60. The fraction of sp³-hybridized carbons (Fsp3) is 0.250. The Labute approximate surface area is 128 Å². The van der Waals surface area contributed by atoms with Crippen LogP contribution in [-0.2, 0) is 11.2 Å². The molecule has 2 aromatic carbocycles. The van der Waals surface area contributed by atoms with Crippen molar-refractivity contribution in [2.45, 2.75) is 18.6 Å². The van der Waals surface area contributed by atoms with Gasteiger partial charge in [0.15, 0.2) is 0 Å². The highest BCUT2D eigenvalue weighted by Crippen LogP contribution is 2.25. The van der Waals surface area contributed by atoms with E-state index in [9.17, 15) is 4.39 Å². The van der Waals surface area contributed by atoms with E-state index in [1.54, 1.807) is 13.2 Å². The van der Waals surface area contributed by atoms with Gasteiger partial charge < -0.3 is 4.74 Å². The van der Waals surface area contributed by atoms with Crippen molar-refractivity contribution in [3.8, 4) is 0 Å². The number of hydrogen-bond acceptors (Lipinski definition) is 3. The molecular weight excluding hydrogens is 291 g/mol. The predicted molar refractivity (Wildman–Crippen MR) is 82.4 cm³/mol. The zero-order valence-electron chi connectivity index (χ0n) is 11.7. The summed E-state index contributed by atoms with van der Waals surface area (Å²) >= 11 is 6.08. The third-order valence-corrected chi connectivity index (χ3v) is 3.77. The molecule has 3 nitrogen and oxygen atoms in total. The van der Waals surface area contributed by atoms with Crippen molar-refractivity contribution in [2.75, 3.05) is 7.11 Å². The van der Waals surface area contributed by atoms with Gasteiger partial charge in [0, 0.05) is 12.1 Å². The van der Waals surface area contributed by atoms with Crippen molar-refractivity contribution in [3.63, 3.8) is 0 Å². The molecule has 2 rings (SSSR count). The molecule has 112 valence electrons. The molecule has 21 heavy (non-hydrogen) atoms. The number of benzene rings is 2. The molecule has 0 fully saturated rings.